The fraction of sp³-hybridized carbons (Fsp3) is 0.381. The van der Waals surface area contributed by atoms with Gasteiger partial charge in [0.05, 0.1) is 0 Å². The first-order valence-corrected chi connectivity index (χ1v) is 8.96. The van der Waals surface area contributed by atoms with Crippen LogP contribution >= 0.6 is 0 Å². The molecule has 0 spiro atoms. The van der Waals surface area contributed by atoms with E-state index in [-0.39, 0.29) is 11.4 Å². The standard InChI is InChI=1S/C21H26N2O3/c1-21(2,3)16-5-7-17(8-6-16)23-20(24)22-11-10-15-4-9-18-19(14-15)26-13-12-25-18/h4-9,14H,10-13H2,1-3H3,(H2,22,23,24). The Morgan fingerprint density at radius 2 is 1.69 bits per heavy atom. The lowest BCUT2D eigenvalue weighted by Gasteiger charge is -2.19. The molecule has 5 heteroatoms. The Morgan fingerprint density at radius 3 is 2.38 bits per heavy atom. The van der Waals surface area contributed by atoms with Crippen molar-refractivity contribution in [2.24, 2.45) is 0 Å². The van der Waals surface area contributed by atoms with Crippen LogP contribution in [0.5, 0.6) is 11.5 Å². The van der Waals surface area contributed by atoms with Crippen LogP contribution < -0.4 is 20.1 Å². The van der Waals surface area contributed by atoms with Crippen LogP contribution in [0.3, 0.4) is 0 Å². The van der Waals surface area contributed by atoms with E-state index in [0.717, 1.165) is 29.2 Å². The van der Waals surface area contributed by atoms with E-state index < -0.39 is 0 Å². The second-order valence-electron chi connectivity index (χ2n) is 7.44. The van der Waals surface area contributed by atoms with Gasteiger partial charge in [0, 0.05) is 12.2 Å². The van der Waals surface area contributed by atoms with Crippen LogP contribution in [0.4, 0.5) is 10.5 Å². The van der Waals surface area contributed by atoms with E-state index in [4.69, 9.17) is 9.47 Å². The zero-order valence-corrected chi connectivity index (χ0v) is 15.6. The number of hydrogen-bond donors (Lipinski definition) is 2. The molecule has 0 fully saturated rings. The summed E-state index contributed by atoms with van der Waals surface area (Å²) in [6, 6.07) is 13.6. The summed E-state index contributed by atoms with van der Waals surface area (Å²) in [5, 5.41) is 5.74. The minimum absolute atomic E-state index is 0.102. The van der Waals surface area contributed by atoms with Gasteiger partial charge in [0.25, 0.3) is 0 Å². The highest BCUT2D eigenvalue weighted by atomic mass is 16.6. The predicted octanol–water partition coefficient (Wildman–Crippen LogP) is 4.12. The molecule has 3 rings (SSSR count). The smallest absolute Gasteiger partial charge is 0.319 e. The average molecular weight is 354 g/mol. The number of nitrogens with one attached hydrogen (secondary N) is 2. The lowest BCUT2D eigenvalue weighted by Crippen LogP contribution is -2.30. The van der Waals surface area contributed by atoms with Crippen molar-refractivity contribution in [2.45, 2.75) is 32.6 Å². The molecule has 2 N–H and O–H groups in total. The van der Waals surface area contributed by atoms with Crippen LogP contribution in [-0.4, -0.2) is 25.8 Å². The van der Waals surface area contributed by atoms with Crippen molar-refractivity contribution >= 4 is 11.7 Å². The molecular weight excluding hydrogens is 328 g/mol. The second kappa shape index (κ2) is 7.68. The summed E-state index contributed by atoms with van der Waals surface area (Å²) < 4.78 is 11.1. The van der Waals surface area contributed by atoms with Gasteiger partial charge in [0.1, 0.15) is 13.2 Å². The number of hydrogen-bond acceptors (Lipinski definition) is 3. The topological polar surface area (TPSA) is 59.6 Å². The summed E-state index contributed by atoms with van der Waals surface area (Å²) in [5.41, 5.74) is 3.23. The highest BCUT2D eigenvalue weighted by Crippen LogP contribution is 2.30. The first-order valence-electron chi connectivity index (χ1n) is 8.96. The molecule has 0 aromatic heterocycles. The maximum Gasteiger partial charge on any atom is 0.319 e. The Balaban J connectivity index is 1.47. The van der Waals surface area contributed by atoms with Crippen molar-refractivity contribution in [3.8, 4) is 11.5 Å². The van der Waals surface area contributed by atoms with Crippen LogP contribution in [0, 0.1) is 0 Å². The summed E-state index contributed by atoms with van der Waals surface area (Å²) in [4.78, 5) is 12.1. The Hall–Kier alpha value is -2.69. The van der Waals surface area contributed by atoms with Gasteiger partial charge in [-0.15, -0.1) is 0 Å². The SMILES string of the molecule is CC(C)(C)c1ccc(NC(=O)NCCc2ccc3c(c2)OCCO3)cc1. The van der Waals surface area contributed by atoms with E-state index >= 15 is 0 Å². The lowest BCUT2D eigenvalue weighted by atomic mass is 9.87. The van der Waals surface area contributed by atoms with Crippen LogP contribution in [0.2, 0.25) is 0 Å². The van der Waals surface area contributed by atoms with E-state index in [1.165, 1.54) is 5.56 Å². The Morgan fingerprint density at radius 1 is 1.00 bits per heavy atom. The Kier molecular flexibility index (Phi) is 5.35. The number of carbonyl (C=O) groups excluding carboxylic acids is 1. The van der Waals surface area contributed by atoms with Gasteiger partial charge in [-0.05, 0) is 47.2 Å². The van der Waals surface area contributed by atoms with Crippen molar-refractivity contribution in [3.05, 3.63) is 53.6 Å². The van der Waals surface area contributed by atoms with Gasteiger partial charge in [0.15, 0.2) is 11.5 Å². The number of benzene rings is 2. The summed E-state index contributed by atoms with van der Waals surface area (Å²) >= 11 is 0. The molecule has 1 aliphatic heterocycles. The number of amides is 2. The number of ether oxygens (including phenoxy) is 2. The highest BCUT2D eigenvalue weighted by molar-refractivity contribution is 5.89. The third kappa shape index (κ3) is 4.69. The molecule has 5 nitrogen and oxygen atoms in total. The van der Waals surface area contributed by atoms with Crippen molar-refractivity contribution in [1.29, 1.82) is 0 Å². The molecule has 0 bridgehead atoms. The van der Waals surface area contributed by atoms with Gasteiger partial charge < -0.3 is 20.1 Å². The van der Waals surface area contributed by atoms with Crippen LogP contribution in [0.25, 0.3) is 0 Å². The van der Waals surface area contributed by atoms with Crippen molar-refractivity contribution in [3.63, 3.8) is 0 Å². The third-order valence-electron chi connectivity index (χ3n) is 4.31. The number of urea groups is 1. The van der Waals surface area contributed by atoms with E-state index in [2.05, 4.69) is 31.4 Å². The van der Waals surface area contributed by atoms with Gasteiger partial charge in [0.2, 0.25) is 0 Å². The number of carbonyl (C=O) groups is 1. The monoisotopic (exact) mass is 354 g/mol. The second-order valence-corrected chi connectivity index (χ2v) is 7.44. The van der Waals surface area contributed by atoms with Crippen LogP contribution in [0.15, 0.2) is 42.5 Å². The summed E-state index contributed by atoms with van der Waals surface area (Å²) in [6.45, 7) is 8.21. The summed E-state index contributed by atoms with van der Waals surface area (Å²) in [7, 11) is 0. The zero-order valence-electron chi connectivity index (χ0n) is 15.6. The quantitative estimate of drug-likeness (QED) is 0.868. The van der Waals surface area contributed by atoms with Gasteiger partial charge in [-0.1, -0.05) is 39.0 Å². The fourth-order valence-corrected chi connectivity index (χ4v) is 2.79. The third-order valence-corrected chi connectivity index (χ3v) is 4.31. The number of fused-ring (bicyclic) bond motifs is 1. The van der Waals surface area contributed by atoms with E-state index in [9.17, 15) is 4.79 Å². The van der Waals surface area contributed by atoms with Gasteiger partial charge in [-0.2, -0.15) is 0 Å². The molecule has 0 aliphatic carbocycles. The molecule has 1 heterocycles. The first-order chi connectivity index (χ1) is 12.4. The molecule has 0 atom stereocenters. The maximum absolute atomic E-state index is 12.1. The lowest BCUT2D eigenvalue weighted by molar-refractivity contribution is 0.171. The van der Waals surface area contributed by atoms with E-state index in [1.54, 1.807) is 0 Å². The molecule has 26 heavy (non-hydrogen) atoms. The largest absolute Gasteiger partial charge is 0.486 e. The predicted molar refractivity (Wildman–Crippen MR) is 103 cm³/mol. The minimum atomic E-state index is -0.203. The van der Waals surface area contributed by atoms with Crippen molar-refractivity contribution in [1.82, 2.24) is 5.32 Å². The van der Waals surface area contributed by atoms with Crippen molar-refractivity contribution < 1.29 is 14.3 Å². The molecule has 1 aliphatic rings. The van der Waals surface area contributed by atoms with Crippen LogP contribution in [-0.2, 0) is 11.8 Å². The van der Waals surface area contributed by atoms with E-state index in [1.807, 2.05) is 42.5 Å². The molecule has 2 amide bonds. The molecule has 0 radical (unpaired) electrons. The number of rotatable bonds is 4. The maximum atomic E-state index is 12.1. The van der Waals surface area contributed by atoms with Gasteiger partial charge >= 0.3 is 6.03 Å². The number of anilines is 1. The van der Waals surface area contributed by atoms with E-state index in [0.29, 0.717) is 19.8 Å². The minimum Gasteiger partial charge on any atom is -0.486 e. The fourth-order valence-electron chi connectivity index (χ4n) is 2.79. The highest BCUT2D eigenvalue weighted by Gasteiger charge is 2.13. The molecule has 0 unspecified atom stereocenters. The molecule has 138 valence electrons. The Labute approximate surface area is 154 Å². The molecular formula is C21H26N2O3. The molecule has 2 aromatic carbocycles. The molecule has 0 saturated heterocycles. The first kappa shape index (κ1) is 18.1. The van der Waals surface area contributed by atoms with Gasteiger partial charge in [-0.25, -0.2) is 4.79 Å². The summed E-state index contributed by atoms with van der Waals surface area (Å²) in [5.74, 6) is 1.56. The van der Waals surface area contributed by atoms with Crippen LogP contribution in [0.1, 0.15) is 31.9 Å². The summed E-state index contributed by atoms with van der Waals surface area (Å²) in [6.07, 6.45) is 0.729. The van der Waals surface area contributed by atoms with Crippen molar-refractivity contribution in [2.75, 3.05) is 25.1 Å². The Bertz CT molecular complexity index is 764. The molecule has 2 aromatic rings. The average Bonchev–Trinajstić information content (AvgIpc) is 2.61. The van der Waals surface area contributed by atoms with Gasteiger partial charge in [-0.3, -0.25) is 0 Å². The zero-order chi connectivity index (χ0) is 18.6. The normalized spacial score (nSPS) is 13.2. The molecule has 0 saturated carbocycles.